The van der Waals surface area contributed by atoms with E-state index in [1.165, 1.54) is 28.9 Å². The molecule has 0 aliphatic carbocycles. The van der Waals surface area contributed by atoms with Gasteiger partial charge in [0.05, 0.1) is 35.3 Å². The lowest BCUT2D eigenvalue weighted by molar-refractivity contribution is -0.185. The van der Waals surface area contributed by atoms with Crippen LogP contribution in [0.4, 0.5) is 33.6 Å². The number of carbonyl (C=O) groups is 1. The summed E-state index contributed by atoms with van der Waals surface area (Å²) in [5, 5.41) is 12.8. The Balaban J connectivity index is 1.30. The third kappa shape index (κ3) is 5.60. The molecule has 4 heterocycles. The number of hydrogen-bond donors (Lipinski definition) is 1. The number of fused-ring (bicyclic) bond motifs is 1. The summed E-state index contributed by atoms with van der Waals surface area (Å²) in [4.78, 5) is 27.0. The van der Waals surface area contributed by atoms with E-state index in [0.29, 0.717) is 5.69 Å². The molecular formula is C27H23F5N8O. The molecule has 1 saturated heterocycles. The molecule has 4 aromatic rings. The molecule has 0 spiro atoms. The van der Waals surface area contributed by atoms with E-state index < -0.39 is 18.5 Å². The van der Waals surface area contributed by atoms with Gasteiger partial charge in [-0.15, -0.1) is 0 Å². The van der Waals surface area contributed by atoms with Crippen LogP contribution in [0.1, 0.15) is 36.1 Å². The SMILES string of the molecule is C[C@H](Nc1ncc(C#N)c(-c2cnc3c(C(F)F)cccn23)n1)c1ccc(N2CCN(C(=O)C(F)(F)F)CC2)cc1. The fourth-order valence-electron chi connectivity index (χ4n) is 4.70. The van der Waals surface area contributed by atoms with Gasteiger partial charge in [0.15, 0.2) is 0 Å². The van der Waals surface area contributed by atoms with E-state index in [1.807, 2.05) is 42.2 Å². The number of nitrogens with one attached hydrogen (secondary N) is 1. The zero-order chi connectivity index (χ0) is 29.3. The number of alkyl halides is 5. The van der Waals surface area contributed by atoms with E-state index in [2.05, 4.69) is 20.3 Å². The number of carbonyl (C=O) groups excluding carboxylic acids is 1. The lowest BCUT2D eigenvalue weighted by atomic mass is 10.1. The second-order valence-electron chi connectivity index (χ2n) is 9.40. The minimum absolute atomic E-state index is 0.0215. The first-order chi connectivity index (χ1) is 19.6. The first kappa shape index (κ1) is 27.8. The number of halogens is 5. The second kappa shape index (κ2) is 11.0. The smallest absolute Gasteiger partial charge is 0.368 e. The van der Waals surface area contributed by atoms with Crippen molar-refractivity contribution in [3.63, 3.8) is 0 Å². The summed E-state index contributed by atoms with van der Waals surface area (Å²) in [6, 6.07) is 11.9. The van der Waals surface area contributed by atoms with Crippen LogP contribution in [0.5, 0.6) is 0 Å². The number of pyridine rings is 1. The number of anilines is 2. The van der Waals surface area contributed by atoms with Gasteiger partial charge in [-0.3, -0.25) is 9.20 Å². The quantitative estimate of drug-likeness (QED) is 0.326. The molecule has 41 heavy (non-hydrogen) atoms. The van der Waals surface area contributed by atoms with Crippen molar-refractivity contribution in [2.75, 3.05) is 36.4 Å². The maximum atomic E-state index is 13.4. The number of aromatic nitrogens is 4. The van der Waals surface area contributed by atoms with Crippen LogP contribution in [0.2, 0.25) is 0 Å². The van der Waals surface area contributed by atoms with Crippen LogP contribution >= 0.6 is 0 Å². The fourth-order valence-corrected chi connectivity index (χ4v) is 4.70. The lowest BCUT2D eigenvalue weighted by Gasteiger charge is -2.36. The topological polar surface area (TPSA) is 102 Å². The van der Waals surface area contributed by atoms with Crippen molar-refractivity contribution < 1.29 is 26.7 Å². The molecule has 0 radical (unpaired) electrons. The fraction of sp³-hybridized carbons (Fsp3) is 0.296. The first-order valence-electron chi connectivity index (χ1n) is 12.6. The Bertz CT molecular complexity index is 1600. The van der Waals surface area contributed by atoms with Gasteiger partial charge in [0.1, 0.15) is 17.4 Å². The normalized spacial score (nSPS) is 14.8. The Morgan fingerprint density at radius 3 is 2.39 bits per heavy atom. The first-order valence-corrected chi connectivity index (χ1v) is 12.6. The van der Waals surface area contributed by atoms with Crippen LogP contribution in [-0.2, 0) is 4.79 Å². The van der Waals surface area contributed by atoms with E-state index in [-0.39, 0.29) is 60.6 Å². The standard InChI is InChI=1S/C27H23F5N8O/c1-16(17-4-6-19(7-5-17)38-9-11-39(12-10-38)25(41)27(30,31)32)36-26-35-14-18(13-33)22(37-26)21-15-34-24-20(23(28)29)3-2-8-40(21)24/h2-8,14-16,23H,9-12H2,1H3,(H,35,36,37)/t16-/m0/s1. The van der Waals surface area contributed by atoms with E-state index in [1.54, 1.807) is 6.20 Å². The monoisotopic (exact) mass is 570 g/mol. The minimum Gasteiger partial charge on any atom is -0.368 e. The average Bonchev–Trinajstić information content (AvgIpc) is 3.40. The molecule has 1 aromatic carbocycles. The number of piperazine rings is 1. The number of nitriles is 1. The molecule has 0 bridgehead atoms. The van der Waals surface area contributed by atoms with Crippen molar-refractivity contribution in [3.05, 3.63) is 71.7 Å². The summed E-state index contributed by atoms with van der Waals surface area (Å²) >= 11 is 0. The Kier molecular flexibility index (Phi) is 7.44. The van der Waals surface area contributed by atoms with Crippen LogP contribution in [0.15, 0.2) is 55.0 Å². The molecule has 1 fully saturated rings. The lowest BCUT2D eigenvalue weighted by Crippen LogP contribution is -2.52. The molecule has 14 heteroatoms. The predicted octanol–water partition coefficient (Wildman–Crippen LogP) is 4.98. The van der Waals surface area contributed by atoms with Crippen molar-refractivity contribution in [2.24, 2.45) is 0 Å². The average molecular weight is 571 g/mol. The molecule has 0 unspecified atom stereocenters. The summed E-state index contributed by atoms with van der Waals surface area (Å²) in [5.74, 6) is -1.61. The van der Waals surface area contributed by atoms with Gasteiger partial charge in [-0.2, -0.15) is 18.4 Å². The van der Waals surface area contributed by atoms with E-state index in [4.69, 9.17) is 0 Å². The minimum atomic E-state index is -4.88. The molecule has 1 amide bonds. The number of imidazole rings is 1. The highest BCUT2D eigenvalue weighted by molar-refractivity contribution is 5.82. The highest BCUT2D eigenvalue weighted by atomic mass is 19.4. The molecule has 1 atom stereocenters. The van der Waals surface area contributed by atoms with Crippen molar-refractivity contribution in [1.82, 2.24) is 24.3 Å². The molecule has 1 aliphatic heterocycles. The number of hydrogen-bond acceptors (Lipinski definition) is 7. The van der Waals surface area contributed by atoms with Gasteiger partial charge in [-0.1, -0.05) is 12.1 Å². The van der Waals surface area contributed by atoms with Crippen molar-refractivity contribution >= 4 is 23.2 Å². The maximum absolute atomic E-state index is 13.4. The molecule has 9 nitrogen and oxygen atoms in total. The third-order valence-electron chi connectivity index (χ3n) is 6.87. The molecule has 0 saturated carbocycles. The van der Waals surface area contributed by atoms with E-state index in [0.717, 1.165) is 16.2 Å². The van der Waals surface area contributed by atoms with Gasteiger partial charge in [0, 0.05) is 38.1 Å². The number of rotatable bonds is 6. The van der Waals surface area contributed by atoms with Crippen LogP contribution in [-0.4, -0.2) is 62.5 Å². The molecule has 5 rings (SSSR count). The van der Waals surface area contributed by atoms with Crippen LogP contribution in [0.25, 0.3) is 17.0 Å². The Morgan fingerprint density at radius 1 is 1.05 bits per heavy atom. The highest BCUT2D eigenvalue weighted by Gasteiger charge is 2.43. The van der Waals surface area contributed by atoms with Gasteiger partial charge in [0.25, 0.3) is 6.43 Å². The summed E-state index contributed by atoms with van der Waals surface area (Å²) in [7, 11) is 0. The number of nitrogens with zero attached hydrogens (tertiary/aromatic N) is 7. The van der Waals surface area contributed by atoms with Gasteiger partial charge >= 0.3 is 12.1 Å². The van der Waals surface area contributed by atoms with Crippen molar-refractivity contribution in [3.8, 4) is 17.5 Å². The van der Waals surface area contributed by atoms with E-state index in [9.17, 15) is 32.0 Å². The highest BCUT2D eigenvalue weighted by Crippen LogP contribution is 2.29. The molecule has 1 N–H and O–H groups in total. The zero-order valence-electron chi connectivity index (χ0n) is 21.6. The van der Waals surface area contributed by atoms with Crippen molar-refractivity contribution in [1.29, 1.82) is 5.26 Å². The Labute approximate surface area is 230 Å². The third-order valence-corrected chi connectivity index (χ3v) is 6.87. The molecular weight excluding hydrogens is 547 g/mol. The second-order valence-corrected chi connectivity index (χ2v) is 9.40. The van der Waals surface area contributed by atoms with E-state index >= 15 is 0 Å². The number of benzene rings is 1. The summed E-state index contributed by atoms with van der Waals surface area (Å²) in [6.07, 6.45) is -3.30. The van der Waals surface area contributed by atoms with Crippen LogP contribution in [0.3, 0.4) is 0 Å². The van der Waals surface area contributed by atoms with Gasteiger partial charge in [-0.05, 0) is 36.8 Å². The Morgan fingerprint density at radius 2 is 1.76 bits per heavy atom. The summed E-state index contributed by atoms with van der Waals surface area (Å²) in [6.45, 7) is 2.39. The van der Waals surface area contributed by atoms with Gasteiger partial charge < -0.3 is 15.1 Å². The van der Waals surface area contributed by atoms with Gasteiger partial charge in [0.2, 0.25) is 5.95 Å². The maximum Gasteiger partial charge on any atom is 0.471 e. The Hall–Kier alpha value is -4.80. The van der Waals surface area contributed by atoms with Crippen LogP contribution in [0, 0.1) is 11.3 Å². The summed E-state index contributed by atoms with van der Waals surface area (Å²) in [5.41, 5.74) is 2.25. The zero-order valence-corrected chi connectivity index (χ0v) is 21.6. The summed E-state index contributed by atoms with van der Waals surface area (Å²) < 4.78 is 66.4. The molecule has 1 aliphatic rings. The largest absolute Gasteiger partial charge is 0.471 e. The molecule has 212 valence electrons. The van der Waals surface area contributed by atoms with Crippen molar-refractivity contribution in [2.45, 2.75) is 25.6 Å². The van der Waals surface area contributed by atoms with Crippen LogP contribution < -0.4 is 10.2 Å². The number of amides is 1. The predicted molar refractivity (Wildman–Crippen MR) is 139 cm³/mol. The van der Waals surface area contributed by atoms with Gasteiger partial charge in [-0.25, -0.2) is 23.7 Å². The molecule has 3 aromatic heterocycles.